The number of sulfonamides is 1. The highest BCUT2D eigenvalue weighted by atomic mass is 32.2. The van der Waals surface area contributed by atoms with E-state index in [1.54, 1.807) is 0 Å². The minimum atomic E-state index is -4.13. The molecule has 0 atom stereocenters. The van der Waals surface area contributed by atoms with Crippen molar-refractivity contribution >= 4 is 21.6 Å². The maximum absolute atomic E-state index is 13.3. The average Bonchev–Trinajstić information content (AvgIpc) is 2.66. The van der Waals surface area contributed by atoms with Crippen LogP contribution in [0.5, 0.6) is 0 Å². The predicted molar refractivity (Wildman–Crippen MR) is 94.1 cm³/mol. The summed E-state index contributed by atoms with van der Waals surface area (Å²) in [5.41, 5.74) is -0.705. The minimum absolute atomic E-state index is 0.0170. The number of nitro benzene ring substituents is 1. The molecule has 0 unspecified atom stereocenters. The molecule has 0 aliphatic carbocycles. The molecule has 28 heavy (non-hydrogen) atoms. The fraction of sp³-hybridized carbons (Fsp3) is 0.235. The van der Waals surface area contributed by atoms with E-state index in [4.69, 9.17) is 0 Å². The number of halogens is 2. The molecule has 148 valence electrons. The van der Waals surface area contributed by atoms with Crippen molar-refractivity contribution in [2.75, 3.05) is 26.2 Å². The van der Waals surface area contributed by atoms with Crippen molar-refractivity contribution in [3.63, 3.8) is 0 Å². The van der Waals surface area contributed by atoms with Crippen molar-refractivity contribution in [1.29, 1.82) is 0 Å². The molecule has 1 saturated heterocycles. The summed E-state index contributed by atoms with van der Waals surface area (Å²) in [5, 5.41) is 11.1. The zero-order valence-corrected chi connectivity index (χ0v) is 15.2. The molecule has 11 heteroatoms. The lowest BCUT2D eigenvalue weighted by atomic mass is 10.1. The van der Waals surface area contributed by atoms with Gasteiger partial charge in [-0.2, -0.15) is 4.31 Å². The molecule has 2 aromatic rings. The first-order valence-electron chi connectivity index (χ1n) is 8.19. The second-order valence-corrected chi connectivity index (χ2v) is 7.99. The lowest BCUT2D eigenvalue weighted by molar-refractivity contribution is -0.387. The number of hydrogen-bond acceptors (Lipinski definition) is 5. The van der Waals surface area contributed by atoms with Crippen molar-refractivity contribution in [3.8, 4) is 0 Å². The molecule has 1 aliphatic heterocycles. The van der Waals surface area contributed by atoms with E-state index in [0.29, 0.717) is 6.07 Å². The third-order valence-corrected chi connectivity index (χ3v) is 6.26. The monoisotopic (exact) mass is 411 g/mol. The Kier molecular flexibility index (Phi) is 5.38. The molecule has 0 saturated carbocycles. The van der Waals surface area contributed by atoms with E-state index in [1.807, 2.05) is 0 Å². The van der Waals surface area contributed by atoms with Gasteiger partial charge < -0.3 is 4.90 Å². The third kappa shape index (κ3) is 3.85. The van der Waals surface area contributed by atoms with E-state index in [0.717, 1.165) is 28.6 Å². The molecule has 0 aromatic heterocycles. The number of nitrogens with zero attached hydrogens (tertiary/aromatic N) is 3. The van der Waals surface area contributed by atoms with Crippen LogP contribution in [0.15, 0.2) is 47.4 Å². The van der Waals surface area contributed by atoms with Gasteiger partial charge in [-0.3, -0.25) is 14.9 Å². The van der Waals surface area contributed by atoms with Crippen LogP contribution in [0.25, 0.3) is 0 Å². The number of amides is 1. The van der Waals surface area contributed by atoms with Gasteiger partial charge in [0.25, 0.3) is 11.6 Å². The summed E-state index contributed by atoms with van der Waals surface area (Å²) in [7, 11) is -4.13. The van der Waals surface area contributed by atoms with Gasteiger partial charge in [0, 0.05) is 43.9 Å². The minimum Gasteiger partial charge on any atom is -0.336 e. The molecule has 2 aromatic carbocycles. The average molecular weight is 411 g/mol. The van der Waals surface area contributed by atoms with Gasteiger partial charge in [-0.15, -0.1) is 0 Å². The van der Waals surface area contributed by atoms with Gasteiger partial charge in [-0.25, -0.2) is 17.2 Å². The fourth-order valence-corrected chi connectivity index (χ4v) is 4.54. The van der Waals surface area contributed by atoms with E-state index in [2.05, 4.69) is 0 Å². The highest BCUT2D eigenvalue weighted by Gasteiger charge is 2.34. The quantitative estimate of drug-likeness (QED) is 0.566. The van der Waals surface area contributed by atoms with Crippen LogP contribution in [0.2, 0.25) is 0 Å². The molecule has 0 N–H and O–H groups in total. The first kappa shape index (κ1) is 19.8. The second kappa shape index (κ2) is 7.60. The lowest BCUT2D eigenvalue weighted by Crippen LogP contribution is -2.50. The van der Waals surface area contributed by atoms with Gasteiger partial charge in [0.05, 0.1) is 4.92 Å². The molecular weight excluding hydrogens is 396 g/mol. The van der Waals surface area contributed by atoms with Gasteiger partial charge >= 0.3 is 0 Å². The molecule has 0 spiro atoms. The largest absolute Gasteiger partial charge is 0.336 e. The first-order valence-corrected chi connectivity index (χ1v) is 9.63. The maximum atomic E-state index is 13.3. The van der Waals surface area contributed by atoms with Crippen molar-refractivity contribution in [3.05, 3.63) is 69.8 Å². The number of rotatable bonds is 4. The van der Waals surface area contributed by atoms with Crippen LogP contribution in [0.3, 0.4) is 0 Å². The number of para-hydroxylation sites is 1. The normalized spacial score (nSPS) is 15.4. The van der Waals surface area contributed by atoms with Gasteiger partial charge in [-0.05, 0) is 18.2 Å². The Labute approximate surface area is 159 Å². The Morgan fingerprint density at radius 2 is 1.57 bits per heavy atom. The summed E-state index contributed by atoms with van der Waals surface area (Å²) in [6.45, 7) is -0.233. The smallest absolute Gasteiger partial charge is 0.289 e. The molecular formula is C17H15F2N3O5S. The molecule has 1 heterocycles. The van der Waals surface area contributed by atoms with Crippen LogP contribution in [-0.4, -0.2) is 54.6 Å². The van der Waals surface area contributed by atoms with E-state index < -0.39 is 43.1 Å². The van der Waals surface area contributed by atoms with Crippen molar-refractivity contribution in [2.45, 2.75) is 4.90 Å². The van der Waals surface area contributed by atoms with Crippen LogP contribution in [0.4, 0.5) is 14.5 Å². The summed E-state index contributed by atoms with van der Waals surface area (Å²) < 4.78 is 53.2. The van der Waals surface area contributed by atoms with Crippen molar-refractivity contribution in [2.24, 2.45) is 0 Å². The lowest BCUT2D eigenvalue weighted by Gasteiger charge is -2.34. The molecule has 8 nitrogen and oxygen atoms in total. The van der Waals surface area contributed by atoms with Crippen LogP contribution < -0.4 is 0 Å². The van der Waals surface area contributed by atoms with Crippen molar-refractivity contribution in [1.82, 2.24) is 9.21 Å². The summed E-state index contributed by atoms with van der Waals surface area (Å²) in [5.74, 6) is -2.40. The summed E-state index contributed by atoms with van der Waals surface area (Å²) in [6.07, 6.45) is 0. The zero-order valence-electron chi connectivity index (χ0n) is 14.4. The number of benzene rings is 2. The second-order valence-electron chi connectivity index (χ2n) is 6.08. The number of piperazine rings is 1. The highest BCUT2D eigenvalue weighted by Crippen LogP contribution is 2.27. The molecule has 1 aliphatic rings. The first-order chi connectivity index (χ1) is 13.2. The molecule has 1 amide bonds. The maximum Gasteiger partial charge on any atom is 0.289 e. The Bertz CT molecular complexity index is 1020. The van der Waals surface area contributed by atoms with Crippen LogP contribution in [0.1, 0.15) is 10.4 Å². The molecule has 3 rings (SSSR count). The Balaban J connectivity index is 1.76. The van der Waals surface area contributed by atoms with Gasteiger partial charge in [0.1, 0.15) is 11.6 Å². The van der Waals surface area contributed by atoms with E-state index in [-0.39, 0.29) is 31.7 Å². The molecule has 1 fully saturated rings. The van der Waals surface area contributed by atoms with Gasteiger partial charge in [-0.1, -0.05) is 12.1 Å². The SMILES string of the molecule is O=C(c1cc(F)cc(F)c1)N1CCN(S(=O)(=O)c2ccccc2[N+](=O)[O-])CC1. The van der Waals surface area contributed by atoms with Crippen molar-refractivity contribution < 1.29 is 26.9 Å². The third-order valence-electron chi connectivity index (χ3n) is 4.32. The van der Waals surface area contributed by atoms with E-state index >= 15 is 0 Å². The number of carbonyl (C=O) groups is 1. The van der Waals surface area contributed by atoms with Crippen LogP contribution >= 0.6 is 0 Å². The topological polar surface area (TPSA) is 101 Å². The van der Waals surface area contributed by atoms with E-state index in [9.17, 15) is 32.1 Å². The fourth-order valence-electron chi connectivity index (χ4n) is 2.96. The number of hydrogen-bond donors (Lipinski definition) is 0. The van der Waals surface area contributed by atoms with Gasteiger partial charge in [0.15, 0.2) is 4.90 Å². The zero-order chi connectivity index (χ0) is 20.5. The highest BCUT2D eigenvalue weighted by molar-refractivity contribution is 7.89. The Morgan fingerprint density at radius 3 is 2.14 bits per heavy atom. The predicted octanol–water partition coefficient (Wildman–Crippen LogP) is 2.02. The van der Waals surface area contributed by atoms with Crippen LogP contribution in [0, 0.1) is 21.7 Å². The summed E-state index contributed by atoms with van der Waals surface area (Å²) >= 11 is 0. The van der Waals surface area contributed by atoms with Gasteiger partial charge in [0.2, 0.25) is 10.0 Å². The number of carbonyl (C=O) groups excluding carboxylic acids is 1. The van der Waals surface area contributed by atoms with Crippen LogP contribution in [-0.2, 0) is 10.0 Å². The standard InChI is InChI=1S/C17H15F2N3O5S/c18-13-9-12(10-14(19)11-13)17(23)20-5-7-21(8-6-20)28(26,27)16-4-2-1-3-15(16)22(24)25/h1-4,9-11H,5-8H2. The summed E-state index contributed by atoms with van der Waals surface area (Å²) in [4.78, 5) is 23.6. The molecule has 0 radical (unpaired) electrons. The van der Waals surface area contributed by atoms with E-state index in [1.165, 1.54) is 17.0 Å². The Hall–Kier alpha value is -2.92. The Morgan fingerprint density at radius 1 is 1.00 bits per heavy atom. The molecule has 0 bridgehead atoms. The number of nitro groups is 1. The summed E-state index contributed by atoms with van der Waals surface area (Å²) in [6, 6.07) is 7.47.